The molecule has 2 aromatic rings. The number of nitrogens with zero attached hydrogens (tertiary/aromatic N) is 2. The zero-order valence-electron chi connectivity index (χ0n) is 11.6. The molecule has 2 rings (SSSR count). The third kappa shape index (κ3) is 5.24. The number of benzene rings is 1. The molecule has 0 N–H and O–H groups in total. The monoisotopic (exact) mass is 323 g/mol. The summed E-state index contributed by atoms with van der Waals surface area (Å²) in [7, 11) is 0. The number of rotatable bonds is 5. The maximum absolute atomic E-state index is 5.95. The molecule has 0 aliphatic heterocycles. The Morgan fingerprint density at radius 2 is 1.90 bits per heavy atom. The van der Waals surface area contributed by atoms with Crippen molar-refractivity contribution >= 4 is 11.6 Å². The molecule has 104 valence electrons. The van der Waals surface area contributed by atoms with Crippen molar-refractivity contribution in [3.8, 4) is 17.3 Å². The molecular weight excluding hydrogens is 307 g/mol. The van der Waals surface area contributed by atoms with E-state index in [4.69, 9.17) is 16.3 Å². The first kappa shape index (κ1) is 17.2. The van der Waals surface area contributed by atoms with Gasteiger partial charge in [-0.15, -0.1) is 11.6 Å². The molecule has 5 heteroatoms. The summed E-state index contributed by atoms with van der Waals surface area (Å²) in [5, 5.41) is 0.272. The van der Waals surface area contributed by atoms with E-state index in [2.05, 4.69) is 29.9 Å². The van der Waals surface area contributed by atoms with Crippen LogP contribution in [-0.2, 0) is 21.7 Å². The topological polar surface area (TPSA) is 35.0 Å². The summed E-state index contributed by atoms with van der Waals surface area (Å²) in [6, 6.07) is 12.5. The normalized spacial score (nSPS) is 10.2. The van der Waals surface area contributed by atoms with Crippen LogP contribution in [0.4, 0.5) is 0 Å². The van der Waals surface area contributed by atoms with Gasteiger partial charge in [-0.1, -0.05) is 44.2 Å². The minimum absolute atomic E-state index is 0. The molecule has 3 nitrogen and oxygen atoms in total. The minimum Gasteiger partial charge on any atom is -0.512 e. The molecule has 0 bridgehead atoms. The summed E-state index contributed by atoms with van der Waals surface area (Å²) in [5.41, 5.74) is 0.909. The fraction of sp³-hybridized carbons (Fsp3) is 0.333. The summed E-state index contributed by atoms with van der Waals surface area (Å²) >= 11 is 5.95. The van der Waals surface area contributed by atoms with E-state index in [1.54, 1.807) is 0 Å². The smallest absolute Gasteiger partial charge is 0.158 e. The molecule has 20 heavy (non-hydrogen) atoms. The Kier molecular flexibility index (Phi) is 7.21. The van der Waals surface area contributed by atoms with Crippen LogP contribution in [0.3, 0.4) is 0 Å². The van der Waals surface area contributed by atoms with Crippen LogP contribution < -0.4 is 4.74 Å². The molecule has 0 saturated heterocycles. The first-order valence-corrected chi connectivity index (χ1v) is 6.68. The molecule has 0 spiro atoms. The molecule has 0 aliphatic rings. The predicted octanol–water partition coefficient (Wildman–Crippen LogP) is 4.02. The molecule has 0 radical (unpaired) electrons. The number of halogens is 1. The number of hydrogen-bond acceptors (Lipinski definition) is 3. The Morgan fingerprint density at radius 3 is 2.55 bits per heavy atom. The zero-order valence-corrected chi connectivity index (χ0v) is 13.9. The summed E-state index contributed by atoms with van der Waals surface area (Å²) in [6.07, 6.45) is 0.968. The van der Waals surface area contributed by atoms with Crippen molar-refractivity contribution in [2.45, 2.75) is 20.3 Å². The van der Waals surface area contributed by atoms with Crippen LogP contribution in [0.2, 0.25) is 5.15 Å². The molecule has 0 unspecified atom stereocenters. The van der Waals surface area contributed by atoms with Crippen molar-refractivity contribution in [1.82, 2.24) is 9.97 Å². The second-order valence-electron chi connectivity index (χ2n) is 4.67. The first-order chi connectivity index (χ1) is 9.15. The molecule has 0 amide bonds. The van der Waals surface area contributed by atoms with Crippen molar-refractivity contribution in [1.29, 1.82) is 0 Å². The summed E-state index contributed by atoms with van der Waals surface area (Å²) < 4.78 is 5.57. The van der Waals surface area contributed by atoms with E-state index in [0.29, 0.717) is 24.2 Å². The van der Waals surface area contributed by atoms with Crippen LogP contribution in [0, 0.1) is 12.0 Å². The van der Waals surface area contributed by atoms with Crippen molar-refractivity contribution in [2.24, 2.45) is 5.92 Å². The van der Waals surface area contributed by atoms with Gasteiger partial charge in [-0.3, -0.25) is 4.98 Å². The molecule has 0 atom stereocenters. The van der Waals surface area contributed by atoms with E-state index in [9.17, 15) is 0 Å². The van der Waals surface area contributed by atoms with Gasteiger partial charge >= 0.3 is 0 Å². The van der Waals surface area contributed by atoms with Gasteiger partial charge in [0.2, 0.25) is 0 Å². The molecule has 0 saturated carbocycles. The molecule has 1 heterocycles. The van der Waals surface area contributed by atoms with Crippen LogP contribution in [-0.4, -0.2) is 16.6 Å². The fourth-order valence-corrected chi connectivity index (χ4v) is 1.70. The van der Waals surface area contributed by atoms with E-state index in [1.807, 2.05) is 30.3 Å². The maximum atomic E-state index is 5.95. The predicted molar refractivity (Wildman–Crippen MR) is 76.3 cm³/mol. The van der Waals surface area contributed by atoms with Gasteiger partial charge in [0.05, 0.1) is 6.61 Å². The fourth-order valence-electron chi connectivity index (χ4n) is 1.53. The quantitative estimate of drug-likeness (QED) is 0.473. The van der Waals surface area contributed by atoms with Gasteiger partial charge in [0, 0.05) is 33.2 Å². The summed E-state index contributed by atoms with van der Waals surface area (Å²) in [5.74, 6) is 1.55. The van der Waals surface area contributed by atoms with Crippen LogP contribution in [0.15, 0.2) is 30.3 Å². The second-order valence-corrected chi connectivity index (χ2v) is 5.02. The van der Waals surface area contributed by atoms with Crippen LogP contribution in [0.1, 0.15) is 20.3 Å². The SMILES string of the molecule is CC(C)CCOc1[c-]c(Cl)nc(-c2ccccc2)n1.[Ti]. The Bertz CT molecular complexity index is 535. The van der Waals surface area contributed by atoms with Crippen LogP contribution >= 0.6 is 11.6 Å². The maximum Gasteiger partial charge on any atom is 0.158 e. The van der Waals surface area contributed by atoms with Gasteiger partial charge in [-0.05, 0) is 17.5 Å². The van der Waals surface area contributed by atoms with Crippen LogP contribution in [0.5, 0.6) is 5.88 Å². The Morgan fingerprint density at radius 1 is 1.20 bits per heavy atom. The van der Waals surface area contributed by atoms with E-state index < -0.39 is 0 Å². The van der Waals surface area contributed by atoms with Crippen molar-refractivity contribution in [2.75, 3.05) is 6.61 Å². The standard InChI is InChI=1S/C15H16ClN2O.Ti/c1-11(2)8-9-19-14-10-13(16)17-15(18-14)12-6-4-3-5-7-12;/h3-7,11H,8-9H2,1-2H3;/q-1;. The minimum atomic E-state index is 0. The van der Waals surface area contributed by atoms with E-state index >= 15 is 0 Å². The molecule has 0 aliphatic carbocycles. The van der Waals surface area contributed by atoms with Crippen molar-refractivity contribution in [3.63, 3.8) is 0 Å². The van der Waals surface area contributed by atoms with Crippen molar-refractivity contribution in [3.05, 3.63) is 41.6 Å². The van der Waals surface area contributed by atoms with Gasteiger partial charge < -0.3 is 10.8 Å². The van der Waals surface area contributed by atoms with Gasteiger partial charge in [0.25, 0.3) is 0 Å². The Labute approximate surface area is 139 Å². The summed E-state index contributed by atoms with van der Waals surface area (Å²) in [6.45, 7) is 4.90. The van der Waals surface area contributed by atoms with E-state index in [0.717, 1.165) is 12.0 Å². The Hall–Kier alpha value is -0.896. The van der Waals surface area contributed by atoms with Gasteiger partial charge in [0.1, 0.15) is 0 Å². The second kappa shape index (κ2) is 8.40. The molecule has 1 aromatic carbocycles. The number of ether oxygens (including phenoxy) is 1. The largest absolute Gasteiger partial charge is 0.512 e. The molecular formula is C15H16ClN2OTi-. The Balaban J connectivity index is 0.00000200. The zero-order chi connectivity index (χ0) is 13.7. The third-order valence-electron chi connectivity index (χ3n) is 2.59. The van der Waals surface area contributed by atoms with Crippen molar-refractivity contribution < 1.29 is 26.5 Å². The third-order valence-corrected chi connectivity index (χ3v) is 2.77. The van der Waals surface area contributed by atoms with Gasteiger partial charge in [0.15, 0.2) is 5.82 Å². The first-order valence-electron chi connectivity index (χ1n) is 6.30. The molecule has 0 fully saturated rings. The van der Waals surface area contributed by atoms with Crippen LogP contribution in [0.25, 0.3) is 11.4 Å². The number of hydrogen-bond donors (Lipinski definition) is 0. The van der Waals surface area contributed by atoms with Gasteiger partial charge in [-0.25, -0.2) is 4.98 Å². The molecule has 1 aromatic heterocycles. The number of aromatic nitrogens is 2. The average molecular weight is 324 g/mol. The van der Waals surface area contributed by atoms with Gasteiger partial charge in [-0.2, -0.15) is 0 Å². The average Bonchev–Trinajstić information content (AvgIpc) is 2.39. The van der Waals surface area contributed by atoms with E-state index in [-0.39, 0.29) is 26.9 Å². The van der Waals surface area contributed by atoms with E-state index in [1.165, 1.54) is 0 Å². The summed E-state index contributed by atoms with van der Waals surface area (Å²) in [4.78, 5) is 8.49.